The zero-order valence-corrected chi connectivity index (χ0v) is 16.8. The fraction of sp³-hybridized carbons (Fsp3) is 0.722. The molecule has 0 saturated carbocycles. The molecule has 31 heavy (non-hydrogen) atoms. The number of piperidine rings is 1. The molecule has 2 aliphatic heterocycles. The van der Waals surface area contributed by atoms with Crippen LogP contribution >= 0.6 is 0 Å². The van der Waals surface area contributed by atoms with Crippen molar-refractivity contribution in [2.75, 3.05) is 19.6 Å². The Balaban J connectivity index is 1.68. The number of ether oxygens (including phenoxy) is 1. The van der Waals surface area contributed by atoms with Gasteiger partial charge in [-0.15, -0.1) is 0 Å². The van der Waals surface area contributed by atoms with E-state index in [0.29, 0.717) is 31.0 Å². The van der Waals surface area contributed by atoms with Gasteiger partial charge in [0.05, 0.1) is 0 Å². The zero-order chi connectivity index (χ0) is 23.2. The van der Waals surface area contributed by atoms with Gasteiger partial charge in [-0.3, -0.25) is 4.79 Å². The molecule has 1 spiro atoms. The molecule has 0 atom stereocenters. The first-order chi connectivity index (χ1) is 14.2. The number of hydrogen-bond donors (Lipinski definition) is 0. The minimum atomic E-state index is -5.77. The average Bonchev–Trinajstić information content (AvgIpc) is 3.20. The number of hydrogen-bond acceptors (Lipinski definition) is 5. The van der Waals surface area contributed by atoms with Gasteiger partial charge in [-0.05, 0) is 32.6 Å². The summed E-state index contributed by atoms with van der Waals surface area (Å²) in [6.45, 7) is 3.36. The van der Waals surface area contributed by atoms with E-state index in [1.165, 1.54) is 0 Å². The molecule has 0 radical (unpaired) electrons. The molecule has 3 rings (SSSR count). The molecule has 0 unspecified atom stereocenters. The number of nitrogens with zero attached hydrogens (tertiary/aromatic N) is 3. The molecule has 2 aliphatic rings. The van der Waals surface area contributed by atoms with E-state index in [4.69, 9.17) is 4.42 Å². The molecule has 2 amide bonds. The zero-order valence-electron chi connectivity index (χ0n) is 16.8. The lowest BCUT2D eigenvalue weighted by molar-refractivity contribution is -0.308. The van der Waals surface area contributed by atoms with Gasteiger partial charge in [-0.1, -0.05) is 0 Å². The number of alkyl halides is 6. The first-order valence-electron chi connectivity index (χ1n) is 9.59. The molecule has 0 bridgehead atoms. The minimum absolute atomic E-state index is 0.137. The second-order valence-corrected chi connectivity index (χ2v) is 7.76. The Morgan fingerprint density at radius 2 is 1.61 bits per heavy atom. The van der Waals surface area contributed by atoms with E-state index < -0.39 is 30.1 Å². The second kappa shape index (κ2) is 7.90. The maximum atomic E-state index is 13.0. The second-order valence-electron chi connectivity index (χ2n) is 7.76. The highest BCUT2D eigenvalue weighted by Gasteiger charge is 2.60. The molecule has 0 N–H and O–H groups in total. The van der Waals surface area contributed by atoms with Crippen molar-refractivity contribution in [1.29, 1.82) is 0 Å². The first-order valence-corrected chi connectivity index (χ1v) is 9.59. The molecule has 7 nitrogen and oxygen atoms in total. The molecule has 0 aliphatic carbocycles. The number of aromatic nitrogens is 1. The van der Waals surface area contributed by atoms with Crippen molar-refractivity contribution in [1.82, 2.24) is 14.8 Å². The smallest absolute Gasteiger partial charge is 0.434 e. The lowest BCUT2D eigenvalue weighted by Gasteiger charge is -2.44. The summed E-state index contributed by atoms with van der Waals surface area (Å²) in [6.07, 6.45) is -15.7. The van der Waals surface area contributed by atoms with Crippen LogP contribution in [-0.2, 0) is 4.74 Å². The Labute approximate surface area is 173 Å². The van der Waals surface area contributed by atoms with Crippen molar-refractivity contribution in [2.45, 2.75) is 63.5 Å². The van der Waals surface area contributed by atoms with Crippen LogP contribution in [0.1, 0.15) is 47.8 Å². The normalized spacial score (nSPS) is 19.4. The summed E-state index contributed by atoms with van der Waals surface area (Å²) in [5.74, 6) is 0.337. The van der Waals surface area contributed by atoms with Crippen LogP contribution in [0.3, 0.4) is 0 Å². The molecular weight excluding hydrogens is 436 g/mol. The molecule has 2 fully saturated rings. The van der Waals surface area contributed by atoms with Crippen molar-refractivity contribution < 1.29 is 45.1 Å². The number of carbonyl (C=O) groups is 2. The number of carbonyl (C=O) groups excluding carboxylic acids is 2. The van der Waals surface area contributed by atoms with Crippen LogP contribution in [0.5, 0.6) is 0 Å². The van der Waals surface area contributed by atoms with Gasteiger partial charge in [0.2, 0.25) is 0 Å². The summed E-state index contributed by atoms with van der Waals surface area (Å²) < 4.78 is 84.9. The van der Waals surface area contributed by atoms with Crippen LogP contribution < -0.4 is 0 Å². The number of rotatable bonds is 2. The number of aryl methyl sites for hydroxylation is 2. The third-order valence-corrected chi connectivity index (χ3v) is 5.71. The summed E-state index contributed by atoms with van der Waals surface area (Å²) in [7, 11) is 0. The summed E-state index contributed by atoms with van der Waals surface area (Å²) >= 11 is 0. The maximum absolute atomic E-state index is 13.0. The van der Waals surface area contributed by atoms with Gasteiger partial charge in [0, 0.05) is 32.1 Å². The van der Waals surface area contributed by atoms with Crippen LogP contribution in [0, 0.1) is 13.8 Å². The van der Waals surface area contributed by atoms with Gasteiger partial charge in [-0.2, -0.15) is 26.3 Å². The van der Waals surface area contributed by atoms with E-state index >= 15 is 0 Å². The Hall–Kier alpha value is -2.47. The predicted molar refractivity (Wildman–Crippen MR) is 92.2 cm³/mol. The van der Waals surface area contributed by atoms with Crippen molar-refractivity contribution in [3.63, 3.8) is 0 Å². The highest BCUT2D eigenvalue weighted by atomic mass is 19.4. The third kappa shape index (κ3) is 4.59. The van der Waals surface area contributed by atoms with Crippen molar-refractivity contribution in [3.8, 4) is 0 Å². The molecule has 3 heterocycles. The monoisotopic (exact) mass is 457 g/mol. The Morgan fingerprint density at radius 1 is 1.03 bits per heavy atom. The van der Waals surface area contributed by atoms with Crippen molar-refractivity contribution in [2.24, 2.45) is 0 Å². The largest absolute Gasteiger partial charge is 0.445 e. The number of oxazole rings is 1. The molecule has 1 aromatic rings. The number of likely N-dealkylation sites (tertiary alicyclic amines) is 2. The highest BCUT2D eigenvalue weighted by molar-refractivity contribution is 5.94. The highest BCUT2D eigenvalue weighted by Crippen LogP contribution is 2.40. The van der Waals surface area contributed by atoms with Gasteiger partial charge >= 0.3 is 18.4 Å². The van der Waals surface area contributed by atoms with Gasteiger partial charge in [-0.25, -0.2) is 9.78 Å². The van der Waals surface area contributed by atoms with Crippen LogP contribution in [-0.4, -0.2) is 70.4 Å². The fourth-order valence-corrected chi connectivity index (χ4v) is 4.23. The molecular formula is C18H21F6N3O4. The summed E-state index contributed by atoms with van der Waals surface area (Å²) in [5.41, 5.74) is -0.487. The Bertz CT molecular complexity index is 828. The van der Waals surface area contributed by atoms with Crippen LogP contribution in [0.4, 0.5) is 31.1 Å². The predicted octanol–water partition coefficient (Wildman–Crippen LogP) is 3.99. The summed E-state index contributed by atoms with van der Waals surface area (Å²) in [4.78, 5) is 31.5. The van der Waals surface area contributed by atoms with E-state index in [2.05, 4.69) is 9.72 Å². The third-order valence-electron chi connectivity index (χ3n) is 5.71. The lowest BCUT2D eigenvalue weighted by Crippen LogP contribution is -2.56. The van der Waals surface area contributed by atoms with E-state index in [-0.39, 0.29) is 37.5 Å². The quantitative estimate of drug-likeness (QED) is 0.628. The van der Waals surface area contributed by atoms with Gasteiger partial charge in [0.1, 0.15) is 5.76 Å². The molecule has 13 heteroatoms. The van der Waals surface area contributed by atoms with E-state index in [1.54, 1.807) is 18.7 Å². The fourth-order valence-electron chi connectivity index (χ4n) is 4.23. The molecule has 1 aromatic heterocycles. The number of halogens is 6. The van der Waals surface area contributed by atoms with E-state index in [1.807, 2.05) is 0 Å². The Kier molecular flexibility index (Phi) is 5.91. The van der Waals surface area contributed by atoms with Crippen LogP contribution in [0.25, 0.3) is 0 Å². The van der Waals surface area contributed by atoms with Gasteiger partial charge < -0.3 is 19.0 Å². The van der Waals surface area contributed by atoms with E-state index in [9.17, 15) is 35.9 Å². The van der Waals surface area contributed by atoms with Crippen molar-refractivity contribution >= 4 is 12.0 Å². The minimum Gasteiger partial charge on any atom is -0.445 e. The molecule has 0 aromatic carbocycles. The van der Waals surface area contributed by atoms with Gasteiger partial charge in [0.25, 0.3) is 12.0 Å². The van der Waals surface area contributed by atoms with Crippen molar-refractivity contribution in [3.05, 3.63) is 17.3 Å². The average molecular weight is 457 g/mol. The van der Waals surface area contributed by atoms with Crippen LogP contribution in [0.15, 0.2) is 4.42 Å². The summed E-state index contributed by atoms with van der Waals surface area (Å²) in [6, 6.07) is 0. The Morgan fingerprint density at radius 3 is 2.10 bits per heavy atom. The lowest BCUT2D eigenvalue weighted by atomic mass is 9.85. The molecule has 2 saturated heterocycles. The first kappa shape index (κ1) is 23.2. The molecule has 174 valence electrons. The van der Waals surface area contributed by atoms with E-state index in [0.717, 1.165) is 4.90 Å². The van der Waals surface area contributed by atoms with Crippen LogP contribution in [0.2, 0.25) is 0 Å². The maximum Gasteiger partial charge on any atom is 0.434 e. The standard InChI is InChI=1S/C18H21F6N3O4/c1-10-12(25-11(2)30-10)13(28)27-7-3-4-16(27)5-8-26(9-6-16)15(29)31-14(17(19,20)21)18(22,23)24/h14H,3-9H2,1-2H3. The van der Waals surface area contributed by atoms with Gasteiger partial charge in [0.15, 0.2) is 11.6 Å². The SMILES string of the molecule is Cc1nc(C(=O)N2CCCC23CCN(C(=O)OC(C(F)(F)F)C(F)(F)F)CC3)c(C)o1. The number of amides is 2. The topological polar surface area (TPSA) is 75.9 Å². The summed E-state index contributed by atoms with van der Waals surface area (Å²) in [5, 5.41) is 0.